The van der Waals surface area contributed by atoms with Crippen molar-refractivity contribution in [2.45, 2.75) is 6.18 Å². The first-order chi connectivity index (χ1) is 9.38. The van der Waals surface area contributed by atoms with Crippen LogP contribution < -0.4 is 10.1 Å². The second-order valence-electron chi connectivity index (χ2n) is 3.72. The molecule has 0 saturated heterocycles. The van der Waals surface area contributed by atoms with Gasteiger partial charge in [-0.3, -0.25) is 0 Å². The normalized spacial score (nSPS) is 11.2. The van der Waals surface area contributed by atoms with Gasteiger partial charge >= 0.3 is 6.18 Å². The van der Waals surface area contributed by atoms with Crippen molar-refractivity contribution < 1.29 is 17.9 Å². The molecule has 0 spiro atoms. The number of rotatable bonds is 3. The van der Waals surface area contributed by atoms with Crippen molar-refractivity contribution in [1.29, 1.82) is 0 Å². The number of ether oxygens (including phenoxy) is 1. The van der Waals surface area contributed by atoms with Gasteiger partial charge in [0.25, 0.3) is 0 Å². The molecule has 0 atom stereocenters. The Balaban J connectivity index is 2.36. The second-order valence-corrected chi connectivity index (χ2v) is 4.64. The molecule has 0 aliphatic carbocycles. The summed E-state index contributed by atoms with van der Waals surface area (Å²) < 4.78 is 44.2. The molecule has 8 heteroatoms. The fraction of sp³-hybridized carbons (Fsp3) is 0.167. The van der Waals surface area contributed by atoms with Crippen LogP contribution in [0.1, 0.15) is 5.69 Å². The highest BCUT2D eigenvalue weighted by Gasteiger charge is 2.34. The highest BCUT2D eigenvalue weighted by atomic mass is 79.9. The lowest BCUT2D eigenvalue weighted by molar-refractivity contribution is -0.141. The molecule has 0 amide bonds. The zero-order valence-corrected chi connectivity index (χ0v) is 11.8. The van der Waals surface area contributed by atoms with Crippen LogP contribution in [0.3, 0.4) is 0 Å². The number of alkyl halides is 3. The van der Waals surface area contributed by atoms with Crippen LogP contribution in [0.25, 0.3) is 0 Å². The van der Waals surface area contributed by atoms with Crippen LogP contribution in [0.15, 0.2) is 34.8 Å². The van der Waals surface area contributed by atoms with Crippen LogP contribution in [0, 0.1) is 0 Å². The molecule has 0 saturated carbocycles. The molecule has 2 aromatic rings. The quantitative estimate of drug-likeness (QED) is 0.908. The van der Waals surface area contributed by atoms with E-state index in [9.17, 15) is 13.2 Å². The van der Waals surface area contributed by atoms with Crippen LogP contribution in [0.2, 0.25) is 0 Å². The number of benzene rings is 1. The van der Waals surface area contributed by atoms with Gasteiger partial charge in [-0.2, -0.15) is 18.2 Å². The molecule has 1 N–H and O–H groups in total. The minimum absolute atomic E-state index is 0.162. The van der Waals surface area contributed by atoms with E-state index in [0.29, 0.717) is 5.75 Å². The van der Waals surface area contributed by atoms with E-state index in [2.05, 4.69) is 31.2 Å². The van der Waals surface area contributed by atoms with Gasteiger partial charge in [-0.15, -0.1) is 0 Å². The number of nitrogens with zero attached hydrogens (tertiary/aromatic N) is 2. The topological polar surface area (TPSA) is 47.0 Å². The first-order valence-corrected chi connectivity index (χ1v) is 6.25. The molecule has 0 aliphatic rings. The van der Waals surface area contributed by atoms with Crippen LogP contribution in [-0.4, -0.2) is 17.0 Å². The van der Waals surface area contributed by atoms with Crippen molar-refractivity contribution in [2.75, 3.05) is 12.4 Å². The highest BCUT2D eigenvalue weighted by molar-refractivity contribution is 9.10. The van der Waals surface area contributed by atoms with E-state index >= 15 is 0 Å². The van der Waals surface area contributed by atoms with Crippen molar-refractivity contribution in [2.24, 2.45) is 0 Å². The molecule has 0 fully saturated rings. The molecule has 20 heavy (non-hydrogen) atoms. The predicted molar refractivity (Wildman–Crippen MR) is 70.8 cm³/mol. The fourth-order valence-corrected chi connectivity index (χ4v) is 1.76. The standard InChI is InChI=1S/C12H9BrF3N3O/c1-17-11-18-9(12(14,15)16)6-10(19-11)20-8-4-2-3-7(13)5-8/h2-6H,1H3,(H,17,18,19). The first kappa shape index (κ1) is 14.6. The average molecular weight is 348 g/mol. The summed E-state index contributed by atoms with van der Waals surface area (Å²) >= 11 is 3.24. The van der Waals surface area contributed by atoms with Crippen LogP contribution in [-0.2, 0) is 6.18 Å². The minimum Gasteiger partial charge on any atom is -0.439 e. The molecule has 2 rings (SSSR count). The maximum absolute atomic E-state index is 12.7. The maximum Gasteiger partial charge on any atom is 0.433 e. The third-order valence-electron chi connectivity index (χ3n) is 2.24. The molecule has 1 aromatic heterocycles. The largest absolute Gasteiger partial charge is 0.439 e. The lowest BCUT2D eigenvalue weighted by Crippen LogP contribution is -2.11. The average Bonchev–Trinajstić information content (AvgIpc) is 2.37. The monoisotopic (exact) mass is 347 g/mol. The van der Waals surface area contributed by atoms with E-state index in [-0.39, 0.29) is 11.8 Å². The lowest BCUT2D eigenvalue weighted by atomic mass is 10.3. The van der Waals surface area contributed by atoms with E-state index in [1.54, 1.807) is 24.3 Å². The van der Waals surface area contributed by atoms with Gasteiger partial charge in [-0.1, -0.05) is 22.0 Å². The Labute approximate surface area is 121 Å². The summed E-state index contributed by atoms with van der Waals surface area (Å²) in [6.45, 7) is 0. The van der Waals surface area contributed by atoms with Gasteiger partial charge < -0.3 is 10.1 Å². The number of nitrogens with one attached hydrogen (secondary N) is 1. The summed E-state index contributed by atoms with van der Waals surface area (Å²) in [7, 11) is 1.43. The summed E-state index contributed by atoms with van der Waals surface area (Å²) in [5.41, 5.74) is -1.07. The van der Waals surface area contributed by atoms with Crippen molar-refractivity contribution >= 4 is 21.9 Å². The zero-order chi connectivity index (χ0) is 14.8. The molecular weight excluding hydrogens is 339 g/mol. The van der Waals surface area contributed by atoms with E-state index in [1.807, 2.05) is 0 Å². The zero-order valence-electron chi connectivity index (χ0n) is 10.2. The van der Waals surface area contributed by atoms with Gasteiger partial charge in [0.15, 0.2) is 5.69 Å². The van der Waals surface area contributed by atoms with Gasteiger partial charge in [0.05, 0.1) is 0 Å². The third-order valence-corrected chi connectivity index (χ3v) is 2.73. The van der Waals surface area contributed by atoms with Crippen LogP contribution in [0.4, 0.5) is 19.1 Å². The van der Waals surface area contributed by atoms with Gasteiger partial charge in [0.1, 0.15) is 5.75 Å². The van der Waals surface area contributed by atoms with Gasteiger partial charge in [0.2, 0.25) is 11.8 Å². The molecule has 1 heterocycles. The van der Waals surface area contributed by atoms with Crippen molar-refractivity contribution in [3.05, 3.63) is 40.5 Å². The lowest BCUT2D eigenvalue weighted by Gasteiger charge is -2.11. The number of halogens is 4. The number of hydrogen-bond donors (Lipinski definition) is 1. The van der Waals surface area contributed by atoms with Gasteiger partial charge in [-0.05, 0) is 18.2 Å². The minimum atomic E-state index is -4.57. The maximum atomic E-state index is 12.7. The molecule has 4 nitrogen and oxygen atoms in total. The smallest absolute Gasteiger partial charge is 0.433 e. The summed E-state index contributed by atoms with van der Waals surface area (Å²) in [5, 5.41) is 2.47. The molecule has 1 aromatic carbocycles. The summed E-state index contributed by atoms with van der Waals surface area (Å²) in [6.07, 6.45) is -4.57. The molecular formula is C12H9BrF3N3O. The van der Waals surface area contributed by atoms with Crippen molar-refractivity contribution in [3.63, 3.8) is 0 Å². The first-order valence-electron chi connectivity index (χ1n) is 5.46. The number of anilines is 1. The molecule has 106 valence electrons. The Morgan fingerprint density at radius 1 is 1.20 bits per heavy atom. The van der Waals surface area contributed by atoms with E-state index in [1.165, 1.54) is 7.05 Å². The number of hydrogen-bond acceptors (Lipinski definition) is 4. The Hall–Kier alpha value is -1.83. The van der Waals surface area contributed by atoms with E-state index < -0.39 is 11.9 Å². The van der Waals surface area contributed by atoms with Gasteiger partial charge in [0, 0.05) is 17.6 Å². The van der Waals surface area contributed by atoms with E-state index in [0.717, 1.165) is 10.5 Å². The van der Waals surface area contributed by atoms with Crippen molar-refractivity contribution in [1.82, 2.24) is 9.97 Å². The molecule has 0 bridgehead atoms. The molecule has 0 radical (unpaired) electrons. The molecule has 0 unspecified atom stereocenters. The highest BCUT2D eigenvalue weighted by Crippen LogP contribution is 2.31. The van der Waals surface area contributed by atoms with Crippen LogP contribution >= 0.6 is 15.9 Å². The predicted octanol–water partition coefficient (Wildman–Crippen LogP) is 4.09. The van der Waals surface area contributed by atoms with Crippen molar-refractivity contribution in [3.8, 4) is 11.6 Å². The third kappa shape index (κ3) is 3.60. The van der Waals surface area contributed by atoms with E-state index in [4.69, 9.17) is 4.74 Å². The summed E-state index contributed by atoms with van der Waals surface area (Å²) in [6, 6.07) is 7.45. The fourth-order valence-electron chi connectivity index (χ4n) is 1.39. The second kappa shape index (κ2) is 5.66. The molecule has 0 aliphatic heterocycles. The SMILES string of the molecule is CNc1nc(Oc2cccc(Br)c2)cc(C(F)(F)F)n1. The number of aromatic nitrogens is 2. The summed E-state index contributed by atoms with van der Waals surface area (Å²) in [4.78, 5) is 7.18. The summed E-state index contributed by atoms with van der Waals surface area (Å²) in [5.74, 6) is 0.0212. The Bertz CT molecular complexity index is 619. The Morgan fingerprint density at radius 2 is 1.95 bits per heavy atom. The van der Waals surface area contributed by atoms with Crippen LogP contribution in [0.5, 0.6) is 11.6 Å². The Morgan fingerprint density at radius 3 is 2.55 bits per heavy atom. The van der Waals surface area contributed by atoms with Gasteiger partial charge in [-0.25, -0.2) is 4.98 Å². The Kier molecular flexibility index (Phi) is 4.12.